The fourth-order valence-corrected chi connectivity index (χ4v) is 2.84. The van der Waals surface area contributed by atoms with Crippen molar-refractivity contribution in [3.63, 3.8) is 0 Å². The predicted molar refractivity (Wildman–Crippen MR) is 71.1 cm³/mol. The van der Waals surface area contributed by atoms with Gasteiger partial charge in [0.05, 0.1) is 0 Å². The van der Waals surface area contributed by atoms with E-state index in [0.717, 1.165) is 24.9 Å². The van der Waals surface area contributed by atoms with Crippen LogP contribution >= 0.6 is 11.6 Å². The highest BCUT2D eigenvalue weighted by Crippen LogP contribution is 2.37. The van der Waals surface area contributed by atoms with Crippen molar-refractivity contribution in [2.75, 3.05) is 13.2 Å². The molecule has 0 spiro atoms. The minimum atomic E-state index is -0.270. The molecule has 1 aliphatic carbocycles. The smallest absolute Gasteiger partial charge is 0.123 e. The number of halogens is 2. The minimum Gasteiger partial charge on any atom is -0.396 e. The summed E-state index contributed by atoms with van der Waals surface area (Å²) in [7, 11) is 0. The fraction of sp³-hybridized carbons (Fsp3) is 0.571. The first kappa shape index (κ1) is 13.8. The summed E-state index contributed by atoms with van der Waals surface area (Å²) in [5.74, 6) is -0.270. The highest BCUT2D eigenvalue weighted by molar-refractivity contribution is 6.31. The molecule has 0 aliphatic heterocycles. The van der Waals surface area contributed by atoms with Gasteiger partial charge in [-0.3, -0.25) is 0 Å². The third kappa shape index (κ3) is 3.22. The first-order chi connectivity index (χ1) is 8.65. The van der Waals surface area contributed by atoms with Crippen molar-refractivity contribution in [1.29, 1.82) is 0 Å². The predicted octanol–water partition coefficient (Wildman–Crippen LogP) is 3.12. The quantitative estimate of drug-likeness (QED) is 0.862. The molecule has 0 bridgehead atoms. The minimum absolute atomic E-state index is 0.0137. The second kappa shape index (κ2) is 6.00. The number of hydrogen-bond acceptors (Lipinski definition) is 2. The van der Waals surface area contributed by atoms with Crippen molar-refractivity contribution in [1.82, 2.24) is 5.32 Å². The maximum absolute atomic E-state index is 13.1. The Balaban J connectivity index is 1.89. The Bertz CT molecular complexity index is 405. The van der Waals surface area contributed by atoms with Gasteiger partial charge in [0.15, 0.2) is 0 Å². The molecule has 0 atom stereocenters. The van der Waals surface area contributed by atoms with Crippen LogP contribution in [0.2, 0.25) is 5.02 Å². The number of aliphatic hydroxyl groups excluding tert-OH is 1. The van der Waals surface area contributed by atoms with E-state index in [2.05, 4.69) is 5.32 Å². The van der Waals surface area contributed by atoms with Gasteiger partial charge < -0.3 is 10.4 Å². The van der Waals surface area contributed by atoms with Gasteiger partial charge in [0.1, 0.15) is 5.82 Å². The van der Waals surface area contributed by atoms with Gasteiger partial charge in [-0.15, -0.1) is 0 Å². The van der Waals surface area contributed by atoms with Gasteiger partial charge >= 0.3 is 0 Å². The van der Waals surface area contributed by atoms with Gasteiger partial charge in [0.2, 0.25) is 0 Å². The van der Waals surface area contributed by atoms with Crippen LogP contribution in [0.25, 0.3) is 0 Å². The van der Waals surface area contributed by atoms with E-state index in [1.54, 1.807) is 6.07 Å². The SMILES string of the molecule is OCC1(CNCc2cc(F)ccc2Cl)CCCC1. The summed E-state index contributed by atoms with van der Waals surface area (Å²) in [6.07, 6.45) is 4.49. The molecule has 100 valence electrons. The first-order valence-electron chi connectivity index (χ1n) is 6.41. The third-order valence-electron chi connectivity index (χ3n) is 3.82. The highest BCUT2D eigenvalue weighted by Gasteiger charge is 2.32. The Kier molecular flexibility index (Phi) is 4.60. The molecule has 1 aromatic carbocycles. The summed E-state index contributed by atoms with van der Waals surface area (Å²) in [4.78, 5) is 0. The molecule has 0 saturated heterocycles. The van der Waals surface area contributed by atoms with Crippen molar-refractivity contribution in [3.05, 3.63) is 34.6 Å². The second-order valence-electron chi connectivity index (χ2n) is 5.20. The summed E-state index contributed by atoms with van der Waals surface area (Å²) >= 11 is 6.00. The van der Waals surface area contributed by atoms with Gasteiger partial charge in [0.25, 0.3) is 0 Å². The van der Waals surface area contributed by atoms with Crippen LogP contribution in [0.4, 0.5) is 4.39 Å². The third-order valence-corrected chi connectivity index (χ3v) is 4.19. The van der Waals surface area contributed by atoms with Crippen molar-refractivity contribution >= 4 is 11.6 Å². The van der Waals surface area contributed by atoms with Crippen LogP contribution in [-0.4, -0.2) is 18.3 Å². The first-order valence-corrected chi connectivity index (χ1v) is 6.79. The molecule has 0 unspecified atom stereocenters. The van der Waals surface area contributed by atoms with Crippen LogP contribution in [0.5, 0.6) is 0 Å². The molecule has 18 heavy (non-hydrogen) atoms. The largest absolute Gasteiger partial charge is 0.396 e. The van der Waals surface area contributed by atoms with Crippen LogP contribution in [0.3, 0.4) is 0 Å². The van der Waals surface area contributed by atoms with E-state index in [-0.39, 0.29) is 17.8 Å². The lowest BCUT2D eigenvalue weighted by Gasteiger charge is -2.26. The average molecular weight is 272 g/mol. The molecule has 2 N–H and O–H groups in total. The molecule has 0 aromatic heterocycles. The number of aliphatic hydroxyl groups is 1. The maximum Gasteiger partial charge on any atom is 0.123 e. The van der Waals surface area contributed by atoms with Crippen molar-refractivity contribution in [2.24, 2.45) is 5.41 Å². The maximum atomic E-state index is 13.1. The molecular formula is C14H19ClFNO. The van der Waals surface area contributed by atoms with Crippen molar-refractivity contribution in [2.45, 2.75) is 32.2 Å². The Morgan fingerprint density at radius 2 is 2.06 bits per heavy atom. The monoisotopic (exact) mass is 271 g/mol. The van der Waals surface area contributed by atoms with Gasteiger partial charge in [-0.25, -0.2) is 4.39 Å². The number of benzene rings is 1. The normalized spacial score (nSPS) is 18.2. The molecule has 1 aliphatic rings. The van der Waals surface area contributed by atoms with E-state index in [1.807, 2.05) is 0 Å². The summed E-state index contributed by atoms with van der Waals surface area (Å²) in [5.41, 5.74) is 0.780. The molecule has 0 heterocycles. The molecule has 1 saturated carbocycles. The van der Waals surface area contributed by atoms with E-state index in [4.69, 9.17) is 11.6 Å². The van der Waals surface area contributed by atoms with Crippen LogP contribution < -0.4 is 5.32 Å². The molecule has 0 amide bonds. The molecule has 2 nitrogen and oxygen atoms in total. The number of rotatable bonds is 5. The Labute approximate surface area is 112 Å². The fourth-order valence-electron chi connectivity index (χ4n) is 2.66. The summed E-state index contributed by atoms with van der Waals surface area (Å²) in [5, 5.41) is 13.4. The van der Waals surface area contributed by atoms with Gasteiger partial charge in [0, 0.05) is 30.1 Å². The van der Waals surface area contributed by atoms with E-state index in [0.29, 0.717) is 11.6 Å². The van der Waals surface area contributed by atoms with E-state index >= 15 is 0 Å². The van der Waals surface area contributed by atoms with Crippen LogP contribution in [0, 0.1) is 11.2 Å². The standard InChI is InChI=1S/C14H19ClFNO/c15-13-4-3-12(16)7-11(13)8-17-9-14(10-18)5-1-2-6-14/h3-4,7,17-18H,1-2,5-6,8-10H2. The molecule has 4 heteroatoms. The van der Waals surface area contributed by atoms with Gasteiger partial charge in [-0.2, -0.15) is 0 Å². The van der Waals surface area contributed by atoms with Crippen molar-refractivity contribution < 1.29 is 9.50 Å². The highest BCUT2D eigenvalue weighted by atomic mass is 35.5. The second-order valence-corrected chi connectivity index (χ2v) is 5.61. The number of nitrogens with one attached hydrogen (secondary N) is 1. The summed E-state index contributed by atoms with van der Waals surface area (Å²) in [6.45, 7) is 1.52. The molecule has 1 aromatic rings. The zero-order chi connectivity index (χ0) is 13.0. The Morgan fingerprint density at radius 3 is 2.72 bits per heavy atom. The van der Waals surface area contributed by atoms with Crippen LogP contribution in [0.1, 0.15) is 31.2 Å². The molecule has 2 rings (SSSR count). The average Bonchev–Trinajstić information content (AvgIpc) is 2.83. The molecule has 1 fully saturated rings. The van der Waals surface area contributed by atoms with Crippen molar-refractivity contribution in [3.8, 4) is 0 Å². The molecular weight excluding hydrogens is 253 g/mol. The van der Waals surface area contributed by atoms with Crippen LogP contribution in [0.15, 0.2) is 18.2 Å². The van der Waals surface area contributed by atoms with Gasteiger partial charge in [-0.1, -0.05) is 24.4 Å². The van der Waals surface area contributed by atoms with Crippen LogP contribution in [-0.2, 0) is 6.54 Å². The zero-order valence-corrected chi connectivity index (χ0v) is 11.1. The van der Waals surface area contributed by atoms with Gasteiger partial charge in [-0.05, 0) is 36.6 Å². The van der Waals surface area contributed by atoms with E-state index < -0.39 is 0 Å². The Morgan fingerprint density at radius 1 is 1.33 bits per heavy atom. The van der Waals surface area contributed by atoms with E-state index in [9.17, 15) is 9.50 Å². The lowest BCUT2D eigenvalue weighted by Crippen LogP contribution is -2.34. The summed E-state index contributed by atoms with van der Waals surface area (Å²) < 4.78 is 13.1. The summed E-state index contributed by atoms with van der Waals surface area (Å²) in [6, 6.07) is 4.39. The lowest BCUT2D eigenvalue weighted by molar-refractivity contribution is 0.128. The Hall–Kier alpha value is -0.640. The van der Waals surface area contributed by atoms with E-state index in [1.165, 1.54) is 25.0 Å². The molecule has 0 radical (unpaired) electrons. The lowest BCUT2D eigenvalue weighted by atomic mass is 9.87. The topological polar surface area (TPSA) is 32.3 Å². The zero-order valence-electron chi connectivity index (χ0n) is 10.4. The number of hydrogen-bond donors (Lipinski definition) is 2.